The van der Waals surface area contributed by atoms with Gasteiger partial charge in [-0.25, -0.2) is 9.98 Å². The van der Waals surface area contributed by atoms with E-state index in [-0.39, 0.29) is 23.0 Å². The third kappa shape index (κ3) is 6.87. The van der Waals surface area contributed by atoms with E-state index in [2.05, 4.69) is 6.58 Å². The van der Waals surface area contributed by atoms with Crippen molar-refractivity contribution in [1.29, 1.82) is 0 Å². The van der Waals surface area contributed by atoms with Crippen LogP contribution in [-0.2, 0) is 0 Å². The summed E-state index contributed by atoms with van der Waals surface area (Å²) in [6.07, 6.45) is 0. The maximum Gasteiger partial charge on any atom is 0.116 e. The summed E-state index contributed by atoms with van der Waals surface area (Å²) in [5.74, 6) is 0.514. The summed E-state index contributed by atoms with van der Waals surface area (Å²) < 4.78 is 0. The van der Waals surface area contributed by atoms with Crippen molar-refractivity contribution >= 4 is 28.4 Å². The molecule has 0 saturated heterocycles. The fourth-order valence-corrected chi connectivity index (χ4v) is 5.10. The zero-order chi connectivity index (χ0) is 32.0. The third-order valence-electron chi connectivity index (χ3n) is 7.39. The van der Waals surface area contributed by atoms with Gasteiger partial charge in [0.15, 0.2) is 0 Å². The van der Waals surface area contributed by atoms with E-state index in [0.29, 0.717) is 22.8 Å². The van der Waals surface area contributed by atoms with Gasteiger partial charge in [-0.1, -0.05) is 79.4 Å². The lowest BCUT2D eigenvalue weighted by atomic mass is 9.98. The van der Waals surface area contributed by atoms with Gasteiger partial charge in [0.2, 0.25) is 0 Å². The molecule has 4 N–H and O–H groups in total. The van der Waals surface area contributed by atoms with Crippen LogP contribution in [-0.4, -0.2) is 31.8 Å². The Hall–Kier alpha value is -6.40. The second-order valence-corrected chi connectivity index (χ2v) is 10.7. The van der Waals surface area contributed by atoms with E-state index in [1.165, 1.54) is 0 Å². The molecule has 0 aliphatic carbocycles. The first-order chi connectivity index (χ1) is 22.3. The number of benzene rings is 6. The van der Waals surface area contributed by atoms with Crippen LogP contribution in [0.2, 0.25) is 0 Å². The maximum atomic E-state index is 10.1. The van der Waals surface area contributed by atoms with E-state index < -0.39 is 0 Å². The lowest BCUT2D eigenvalue weighted by molar-refractivity contribution is 0.474. The van der Waals surface area contributed by atoms with Gasteiger partial charge >= 0.3 is 0 Å². The van der Waals surface area contributed by atoms with Crippen LogP contribution >= 0.6 is 0 Å². The Balaban J connectivity index is 1.27. The molecule has 0 unspecified atom stereocenters. The number of aromatic hydroxyl groups is 4. The molecule has 0 bridgehead atoms. The highest BCUT2D eigenvalue weighted by Gasteiger charge is 2.12. The Morgan fingerprint density at radius 2 is 0.652 bits per heavy atom. The van der Waals surface area contributed by atoms with Crippen molar-refractivity contribution in [2.45, 2.75) is 0 Å². The fourth-order valence-electron chi connectivity index (χ4n) is 5.10. The molecule has 6 nitrogen and oxygen atoms in total. The highest BCUT2D eigenvalue weighted by molar-refractivity contribution is 6.15. The predicted octanol–water partition coefficient (Wildman–Crippen LogP) is 8.91. The molecule has 6 rings (SSSR count). The topological polar surface area (TPSA) is 106 Å². The molecule has 0 atom stereocenters. The normalized spacial score (nSPS) is 10.6. The first-order valence-corrected chi connectivity index (χ1v) is 14.6. The van der Waals surface area contributed by atoms with E-state index in [9.17, 15) is 20.4 Å². The average molecular weight is 603 g/mol. The van der Waals surface area contributed by atoms with Gasteiger partial charge in [0.05, 0.1) is 22.8 Å². The molecule has 0 saturated carbocycles. The maximum absolute atomic E-state index is 10.1. The summed E-state index contributed by atoms with van der Waals surface area (Å²) in [7, 11) is 0. The van der Waals surface area contributed by atoms with Gasteiger partial charge in [-0.3, -0.25) is 0 Å². The molecule has 0 radical (unpaired) electrons. The van der Waals surface area contributed by atoms with Crippen molar-refractivity contribution in [3.05, 3.63) is 186 Å². The zero-order valence-electron chi connectivity index (χ0n) is 24.7. The monoisotopic (exact) mass is 602 g/mol. The Morgan fingerprint density at radius 1 is 0.370 bits per heavy atom. The highest BCUT2D eigenvalue weighted by atomic mass is 16.3. The smallest absolute Gasteiger partial charge is 0.116 e. The van der Waals surface area contributed by atoms with Crippen molar-refractivity contribution in [2.75, 3.05) is 0 Å². The van der Waals surface area contributed by atoms with Crippen LogP contribution in [0.25, 0.3) is 5.57 Å². The van der Waals surface area contributed by atoms with Gasteiger partial charge in [0.1, 0.15) is 23.0 Å². The Morgan fingerprint density at radius 3 is 0.913 bits per heavy atom. The van der Waals surface area contributed by atoms with Crippen LogP contribution in [0.4, 0.5) is 11.4 Å². The summed E-state index contributed by atoms with van der Waals surface area (Å²) >= 11 is 0. The summed E-state index contributed by atoms with van der Waals surface area (Å²) in [6.45, 7) is 4.32. The largest absolute Gasteiger partial charge is 0.508 e. The second-order valence-electron chi connectivity index (χ2n) is 10.7. The Kier molecular flexibility index (Phi) is 8.43. The fraction of sp³-hybridized carbons (Fsp3) is 0. The van der Waals surface area contributed by atoms with Gasteiger partial charge in [-0.2, -0.15) is 0 Å². The van der Waals surface area contributed by atoms with Gasteiger partial charge in [-0.15, -0.1) is 0 Å². The lowest BCUT2D eigenvalue weighted by Gasteiger charge is -2.11. The minimum atomic E-state index is 0.128. The number of aliphatic imine (C=N–C) groups is 2. The molecular weight excluding hydrogens is 572 g/mol. The molecule has 6 aromatic carbocycles. The van der Waals surface area contributed by atoms with E-state index in [0.717, 1.165) is 39.0 Å². The van der Waals surface area contributed by atoms with Crippen LogP contribution in [0.15, 0.2) is 162 Å². The van der Waals surface area contributed by atoms with Crippen molar-refractivity contribution in [3.63, 3.8) is 0 Å². The van der Waals surface area contributed by atoms with Crippen LogP contribution in [0, 0.1) is 0 Å². The molecule has 0 aromatic heterocycles. The van der Waals surface area contributed by atoms with Crippen LogP contribution in [0.3, 0.4) is 0 Å². The molecule has 0 aliphatic rings. The number of phenols is 4. The first kappa shape index (κ1) is 29.7. The molecule has 0 fully saturated rings. The van der Waals surface area contributed by atoms with Crippen LogP contribution in [0.5, 0.6) is 23.0 Å². The van der Waals surface area contributed by atoms with Gasteiger partial charge < -0.3 is 20.4 Å². The minimum Gasteiger partial charge on any atom is -0.508 e. The number of hydrogen-bond donors (Lipinski definition) is 4. The van der Waals surface area contributed by atoms with E-state index in [4.69, 9.17) is 9.98 Å². The SMILES string of the molecule is C=C(c1ccc(N=C(c2cccc(O)c2)c2cccc(O)c2)cc1)c1ccc(N=C(c2cccc(O)c2)c2cccc(O)c2)cc1. The number of phenolic OH excluding ortho intramolecular Hbond substituents is 4. The summed E-state index contributed by atoms with van der Waals surface area (Å²) in [6, 6.07) is 42.9. The molecular formula is C40H30N2O4. The van der Waals surface area contributed by atoms with E-state index in [1.54, 1.807) is 72.8 Å². The first-order valence-electron chi connectivity index (χ1n) is 14.6. The molecule has 224 valence electrons. The molecule has 6 heteroatoms. The van der Waals surface area contributed by atoms with Crippen molar-refractivity contribution in [2.24, 2.45) is 9.98 Å². The van der Waals surface area contributed by atoms with Crippen molar-refractivity contribution in [1.82, 2.24) is 0 Å². The van der Waals surface area contributed by atoms with E-state index in [1.807, 2.05) is 72.8 Å². The minimum absolute atomic E-state index is 0.128. The Bertz CT molecular complexity index is 1850. The van der Waals surface area contributed by atoms with Crippen LogP contribution in [0.1, 0.15) is 33.4 Å². The van der Waals surface area contributed by atoms with Crippen molar-refractivity contribution in [3.8, 4) is 23.0 Å². The van der Waals surface area contributed by atoms with Gasteiger partial charge in [0.25, 0.3) is 0 Å². The summed E-state index contributed by atoms with van der Waals surface area (Å²) in [5, 5.41) is 40.3. The van der Waals surface area contributed by atoms with Gasteiger partial charge in [-0.05, 0) is 89.5 Å². The number of hydrogen-bond acceptors (Lipinski definition) is 6. The molecule has 0 aliphatic heterocycles. The predicted molar refractivity (Wildman–Crippen MR) is 184 cm³/mol. The van der Waals surface area contributed by atoms with Crippen molar-refractivity contribution < 1.29 is 20.4 Å². The third-order valence-corrected chi connectivity index (χ3v) is 7.39. The molecule has 0 heterocycles. The lowest BCUT2D eigenvalue weighted by Crippen LogP contribution is -2.03. The highest BCUT2D eigenvalue weighted by Crippen LogP contribution is 2.29. The molecule has 46 heavy (non-hydrogen) atoms. The number of rotatable bonds is 8. The standard InChI is InChI=1S/C40H30N2O4/c1-26(27-14-18-33(19-15-27)41-39(29-6-2-10-35(43)22-29)30-7-3-11-36(44)23-30)28-16-20-34(21-17-28)42-40(31-8-4-12-37(45)24-31)32-9-5-13-38(46)25-32/h2-25,43-46H,1H2. The quantitative estimate of drug-likeness (QED) is 0.131. The Labute approximate surface area is 266 Å². The second kappa shape index (κ2) is 13.1. The van der Waals surface area contributed by atoms with Crippen LogP contribution < -0.4 is 0 Å². The molecule has 0 spiro atoms. The number of nitrogens with zero attached hydrogens (tertiary/aromatic N) is 2. The van der Waals surface area contributed by atoms with Gasteiger partial charge in [0, 0.05) is 22.3 Å². The molecule has 6 aromatic rings. The zero-order valence-corrected chi connectivity index (χ0v) is 24.7. The average Bonchev–Trinajstić information content (AvgIpc) is 3.06. The summed E-state index contributed by atoms with van der Waals surface area (Å²) in [5.41, 5.74) is 8.19. The summed E-state index contributed by atoms with van der Waals surface area (Å²) in [4.78, 5) is 9.75. The van der Waals surface area contributed by atoms with E-state index >= 15 is 0 Å². The molecule has 0 amide bonds.